The summed E-state index contributed by atoms with van der Waals surface area (Å²) in [5.41, 5.74) is 3.59. The van der Waals surface area contributed by atoms with Crippen molar-refractivity contribution in [1.82, 2.24) is 0 Å². The zero-order valence-corrected chi connectivity index (χ0v) is 9.42. The number of anilines is 1. The molecule has 1 aromatic rings. The molecule has 5 heteroatoms. The number of hydrogen-bond acceptors (Lipinski definition) is 4. The van der Waals surface area contributed by atoms with Gasteiger partial charge in [-0.1, -0.05) is 15.9 Å². The van der Waals surface area contributed by atoms with E-state index in [1.165, 1.54) is 14.2 Å². The molecular weight excluding hydrogens is 250 g/mol. The van der Waals surface area contributed by atoms with Gasteiger partial charge in [0, 0.05) is 4.47 Å². The largest absolute Gasteiger partial charge is 0.465 e. The number of carbonyl (C=O) groups is 1. The molecular formula is C9H10BrNO3. The molecule has 1 aromatic carbocycles. The Labute approximate surface area is 90.3 Å². The lowest BCUT2D eigenvalue weighted by Gasteiger charge is -2.08. The molecule has 76 valence electrons. The summed E-state index contributed by atoms with van der Waals surface area (Å²) >= 11 is 3.29. The van der Waals surface area contributed by atoms with E-state index in [4.69, 9.17) is 4.84 Å². The molecule has 0 aliphatic heterocycles. The molecule has 0 atom stereocenters. The van der Waals surface area contributed by atoms with E-state index in [1.807, 2.05) is 0 Å². The van der Waals surface area contributed by atoms with E-state index < -0.39 is 5.97 Å². The monoisotopic (exact) mass is 259 g/mol. The van der Waals surface area contributed by atoms with Crippen LogP contribution in [0.3, 0.4) is 0 Å². The third-order valence-corrected chi connectivity index (χ3v) is 2.09. The summed E-state index contributed by atoms with van der Waals surface area (Å²) in [5, 5.41) is 0. The molecule has 0 amide bonds. The maximum Gasteiger partial charge on any atom is 0.340 e. The van der Waals surface area contributed by atoms with Crippen LogP contribution in [0.1, 0.15) is 10.4 Å². The van der Waals surface area contributed by atoms with Crippen molar-refractivity contribution in [2.75, 3.05) is 19.7 Å². The zero-order valence-electron chi connectivity index (χ0n) is 7.83. The molecule has 0 radical (unpaired) electrons. The normalized spacial score (nSPS) is 9.64. The lowest BCUT2D eigenvalue weighted by Crippen LogP contribution is -2.07. The smallest absolute Gasteiger partial charge is 0.340 e. The van der Waals surface area contributed by atoms with Crippen LogP contribution in [0.5, 0.6) is 0 Å². The number of ether oxygens (including phenoxy) is 1. The highest BCUT2D eigenvalue weighted by molar-refractivity contribution is 9.10. The van der Waals surface area contributed by atoms with Crippen LogP contribution in [-0.4, -0.2) is 20.2 Å². The van der Waals surface area contributed by atoms with Gasteiger partial charge in [-0.2, -0.15) is 0 Å². The van der Waals surface area contributed by atoms with Crippen LogP contribution in [0.15, 0.2) is 22.7 Å². The van der Waals surface area contributed by atoms with Gasteiger partial charge in [-0.25, -0.2) is 4.79 Å². The number of nitrogens with one attached hydrogen (secondary N) is 1. The molecule has 0 aromatic heterocycles. The number of methoxy groups -OCH3 is 1. The first-order chi connectivity index (χ1) is 6.69. The van der Waals surface area contributed by atoms with Crippen LogP contribution in [0.2, 0.25) is 0 Å². The van der Waals surface area contributed by atoms with Crippen molar-refractivity contribution in [1.29, 1.82) is 0 Å². The summed E-state index contributed by atoms with van der Waals surface area (Å²) in [6, 6.07) is 5.14. The molecule has 0 aliphatic carbocycles. The molecule has 0 aliphatic rings. The Kier molecular flexibility index (Phi) is 3.91. The number of esters is 1. The van der Waals surface area contributed by atoms with Gasteiger partial charge in [-0.3, -0.25) is 10.3 Å². The molecule has 0 bridgehead atoms. The molecule has 14 heavy (non-hydrogen) atoms. The molecule has 1 rings (SSSR count). The van der Waals surface area contributed by atoms with Gasteiger partial charge >= 0.3 is 5.97 Å². The highest BCUT2D eigenvalue weighted by Crippen LogP contribution is 2.21. The summed E-state index contributed by atoms with van der Waals surface area (Å²) in [5.74, 6) is -0.406. The van der Waals surface area contributed by atoms with E-state index in [9.17, 15) is 4.79 Å². The molecule has 0 unspecified atom stereocenters. The van der Waals surface area contributed by atoms with Gasteiger partial charge < -0.3 is 4.74 Å². The Morgan fingerprint density at radius 1 is 1.43 bits per heavy atom. The summed E-state index contributed by atoms with van der Waals surface area (Å²) < 4.78 is 5.46. The number of carbonyl (C=O) groups excluding carboxylic acids is 1. The highest BCUT2D eigenvalue weighted by Gasteiger charge is 2.11. The fourth-order valence-corrected chi connectivity index (χ4v) is 1.36. The van der Waals surface area contributed by atoms with E-state index in [0.29, 0.717) is 11.3 Å². The van der Waals surface area contributed by atoms with E-state index in [1.54, 1.807) is 18.2 Å². The number of hydrogen-bond donors (Lipinski definition) is 1. The Hall–Kier alpha value is -1.07. The van der Waals surface area contributed by atoms with Gasteiger partial charge in [-0.05, 0) is 18.2 Å². The maximum absolute atomic E-state index is 11.3. The molecule has 0 spiro atoms. The predicted octanol–water partition coefficient (Wildman–Crippen LogP) is 2.21. The second-order valence-corrected chi connectivity index (χ2v) is 3.40. The van der Waals surface area contributed by atoms with E-state index in [0.717, 1.165) is 4.47 Å². The SMILES string of the molecule is CONc1cc(Br)ccc1C(=O)OC. The number of benzene rings is 1. The fraction of sp³-hybridized carbons (Fsp3) is 0.222. The van der Waals surface area contributed by atoms with Gasteiger partial charge in [0.1, 0.15) is 0 Å². The molecule has 1 N–H and O–H groups in total. The van der Waals surface area contributed by atoms with Crippen LogP contribution < -0.4 is 5.48 Å². The van der Waals surface area contributed by atoms with Crippen LogP contribution in [0.4, 0.5) is 5.69 Å². The van der Waals surface area contributed by atoms with Gasteiger partial charge in [0.2, 0.25) is 0 Å². The predicted molar refractivity (Wildman–Crippen MR) is 56.1 cm³/mol. The van der Waals surface area contributed by atoms with Gasteiger partial charge in [0.15, 0.2) is 0 Å². The first-order valence-electron chi connectivity index (χ1n) is 3.86. The van der Waals surface area contributed by atoms with Gasteiger partial charge in [0.05, 0.1) is 25.5 Å². The molecule has 0 heterocycles. The number of rotatable bonds is 3. The lowest BCUT2D eigenvalue weighted by atomic mass is 10.2. The first-order valence-corrected chi connectivity index (χ1v) is 4.65. The number of halogens is 1. The third-order valence-electron chi connectivity index (χ3n) is 1.60. The molecule has 4 nitrogen and oxygen atoms in total. The summed E-state index contributed by atoms with van der Waals surface area (Å²) in [7, 11) is 2.81. The Morgan fingerprint density at radius 3 is 2.71 bits per heavy atom. The quantitative estimate of drug-likeness (QED) is 0.668. The summed E-state index contributed by atoms with van der Waals surface area (Å²) in [6.45, 7) is 0. The minimum absolute atomic E-state index is 0.406. The standard InChI is InChI=1S/C9H10BrNO3/c1-13-9(12)7-4-3-6(10)5-8(7)11-14-2/h3-5,11H,1-2H3. The second-order valence-electron chi connectivity index (χ2n) is 2.49. The highest BCUT2D eigenvalue weighted by atomic mass is 79.9. The van der Waals surface area contributed by atoms with Crippen molar-refractivity contribution in [3.63, 3.8) is 0 Å². The van der Waals surface area contributed by atoms with Crippen molar-refractivity contribution in [2.45, 2.75) is 0 Å². The van der Waals surface area contributed by atoms with E-state index >= 15 is 0 Å². The van der Waals surface area contributed by atoms with Crippen molar-refractivity contribution >= 4 is 27.6 Å². The topological polar surface area (TPSA) is 47.6 Å². The van der Waals surface area contributed by atoms with Crippen molar-refractivity contribution in [3.05, 3.63) is 28.2 Å². The molecule has 0 fully saturated rings. The minimum atomic E-state index is -0.406. The summed E-state index contributed by atoms with van der Waals surface area (Å²) in [4.78, 5) is 16.0. The van der Waals surface area contributed by atoms with Crippen molar-refractivity contribution in [2.24, 2.45) is 0 Å². The minimum Gasteiger partial charge on any atom is -0.465 e. The van der Waals surface area contributed by atoms with Crippen molar-refractivity contribution in [3.8, 4) is 0 Å². The fourth-order valence-electron chi connectivity index (χ4n) is 0.999. The van der Waals surface area contributed by atoms with Gasteiger partial charge in [-0.15, -0.1) is 0 Å². The summed E-state index contributed by atoms with van der Waals surface area (Å²) in [6.07, 6.45) is 0. The Bertz CT molecular complexity index is 341. The van der Waals surface area contributed by atoms with Crippen LogP contribution >= 0.6 is 15.9 Å². The Balaban J connectivity index is 3.07. The van der Waals surface area contributed by atoms with E-state index in [2.05, 4.69) is 26.1 Å². The van der Waals surface area contributed by atoms with E-state index in [-0.39, 0.29) is 0 Å². The average Bonchev–Trinajstić information content (AvgIpc) is 2.17. The molecule has 0 saturated heterocycles. The van der Waals surface area contributed by atoms with Gasteiger partial charge in [0.25, 0.3) is 0 Å². The van der Waals surface area contributed by atoms with Crippen LogP contribution in [0.25, 0.3) is 0 Å². The third kappa shape index (κ3) is 2.46. The second kappa shape index (κ2) is 4.97. The zero-order chi connectivity index (χ0) is 10.6. The maximum atomic E-state index is 11.3. The Morgan fingerprint density at radius 2 is 2.14 bits per heavy atom. The lowest BCUT2D eigenvalue weighted by molar-refractivity contribution is 0.0601. The average molecular weight is 260 g/mol. The first kappa shape index (κ1) is 11.0. The van der Waals surface area contributed by atoms with Crippen molar-refractivity contribution < 1.29 is 14.4 Å². The van der Waals surface area contributed by atoms with Crippen LogP contribution in [0, 0.1) is 0 Å². The molecule has 0 saturated carbocycles. The van der Waals surface area contributed by atoms with Crippen LogP contribution in [-0.2, 0) is 9.57 Å².